The van der Waals surface area contributed by atoms with Gasteiger partial charge >= 0.3 is 5.97 Å². The van der Waals surface area contributed by atoms with Crippen molar-refractivity contribution in [3.8, 4) is 0 Å². The molecule has 24 heavy (non-hydrogen) atoms. The molecule has 0 saturated carbocycles. The molecule has 0 radical (unpaired) electrons. The van der Waals surface area contributed by atoms with Gasteiger partial charge in [0, 0.05) is 4.88 Å². The van der Waals surface area contributed by atoms with Gasteiger partial charge in [-0.2, -0.15) is 0 Å². The molecule has 1 atom stereocenters. The molecular formula is C18H18ClNO3S. The number of benzene rings is 1. The second kappa shape index (κ2) is 7.36. The second-order valence-corrected chi connectivity index (χ2v) is 7.56. The first-order valence-corrected chi connectivity index (χ1v) is 9.05. The Morgan fingerprint density at radius 3 is 2.96 bits per heavy atom. The number of ether oxygens (including phenoxy) is 1. The highest BCUT2D eigenvalue weighted by molar-refractivity contribution is 7.14. The fraction of sp³-hybridized carbons (Fsp3) is 0.333. The van der Waals surface area contributed by atoms with Crippen LogP contribution in [0.15, 0.2) is 30.3 Å². The van der Waals surface area contributed by atoms with E-state index in [9.17, 15) is 9.59 Å². The third-order valence-electron chi connectivity index (χ3n) is 4.01. The molecule has 1 aromatic heterocycles. The van der Waals surface area contributed by atoms with E-state index < -0.39 is 11.9 Å². The number of carbonyl (C=O) groups is 2. The predicted molar refractivity (Wildman–Crippen MR) is 95.9 cm³/mol. The summed E-state index contributed by atoms with van der Waals surface area (Å²) in [5.41, 5.74) is 1.74. The number of fused-ring (bicyclic) bond motifs is 1. The van der Waals surface area contributed by atoms with Crippen LogP contribution >= 0.6 is 22.9 Å². The topological polar surface area (TPSA) is 55.4 Å². The van der Waals surface area contributed by atoms with E-state index in [-0.39, 0.29) is 6.61 Å². The van der Waals surface area contributed by atoms with E-state index in [2.05, 4.69) is 12.2 Å². The number of para-hydroxylation sites is 1. The lowest BCUT2D eigenvalue weighted by Crippen LogP contribution is -2.20. The van der Waals surface area contributed by atoms with Gasteiger partial charge in [-0.15, -0.1) is 11.3 Å². The maximum atomic E-state index is 12.1. The molecule has 126 valence electrons. The van der Waals surface area contributed by atoms with Gasteiger partial charge in [-0.05, 0) is 48.9 Å². The first-order chi connectivity index (χ1) is 11.5. The summed E-state index contributed by atoms with van der Waals surface area (Å²) in [6.07, 6.45) is 3.18. The van der Waals surface area contributed by atoms with Crippen molar-refractivity contribution in [1.82, 2.24) is 0 Å². The zero-order chi connectivity index (χ0) is 17.1. The summed E-state index contributed by atoms with van der Waals surface area (Å²) >= 11 is 7.45. The molecule has 0 aliphatic heterocycles. The minimum Gasteiger partial charge on any atom is -0.451 e. The number of rotatable bonds is 4. The van der Waals surface area contributed by atoms with Crippen molar-refractivity contribution in [3.63, 3.8) is 0 Å². The number of hydrogen-bond donors (Lipinski definition) is 1. The van der Waals surface area contributed by atoms with Crippen LogP contribution in [0.3, 0.4) is 0 Å². The highest BCUT2D eigenvalue weighted by Crippen LogP contribution is 2.32. The molecule has 1 aromatic carbocycles. The molecule has 6 heteroatoms. The van der Waals surface area contributed by atoms with Crippen LogP contribution in [0.2, 0.25) is 5.02 Å². The standard InChI is InChI=1S/C18H18ClNO3S/c1-11-6-7-15-12(8-11)9-16(24-15)18(22)23-10-17(21)20-14-5-3-2-4-13(14)19/h2-5,9,11H,6-8,10H2,1H3,(H,20,21)/t11-/m0/s1. The average molecular weight is 364 g/mol. The van der Waals surface area contributed by atoms with Gasteiger partial charge < -0.3 is 10.1 Å². The lowest BCUT2D eigenvalue weighted by atomic mass is 9.90. The number of halogens is 1. The van der Waals surface area contributed by atoms with Gasteiger partial charge in [0.15, 0.2) is 6.61 Å². The van der Waals surface area contributed by atoms with Crippen molar-refractivity contribution >= 4 is 40.5 Å². The van der Waals surface area contributed by atoms with Crippen molar-refractivity contribution in [2.24, 2.45) is 5.92 Å². The third kappa shape index (κ3) is 3.97. The summed E-state index contributed by atoms with van der Waals surface area (Å²) in [6.45, 7) is 1.89. The number of amides is 1. The molecule has 0 unspecified atom stereocenters. The van der Waals surface area contributed by atoms with Gasteiger partial charge in [-0.25, -0.2) is 4.79 Å². The highest BCUT2D eigenvalue weighted by Gasteiger charge is 2.21. The van der Waals surface area contributed by atoms with Crippen molar-refractivity contribution in [3.05, 3.63) is 50.7 Å². The fourth-order valence-corrected chi connectivity index (χ4v) is 4.04. The summed E-state index contributed by atoms with van der Waals surface area (Å²) < 4.78 is 5.12. The number of anilines is 1. The predicted octanol–water partition coefficient (Wildman–Crippen LogP) is 4.32. The van der Waals surface area contributed by atoms with Crippen LogP contribution in [-0.2, 0) is 22.4 Å². The molecule has 0 spiro atoms. The molecule has 1 aliphatic rings. The molecule has 1 heterocycles. The molecule has 0 fully saturated rings. The Balaban J connectivity index is 1.56. The number of thiophene rings is 1. The van der Waals surface area contributed by atoms with Gasteiger partial charge in [-0.3, -0.25) is 4.79 Å². The lowest BCUT2D eigenvalue weighted by molar-refractivity contribution is -0.119. The minimum atomic E-state index is -0.448. The normalized spacial score (nSPS) is 16.3. The SMILES string of the molecule is C[C@H]1CCc2sc(C(=O)OCC(=O)Nc3ccccc3Cl)cc2C1. The van der Waals surface area contributed by atoms with Gasteiger partial charge in [0.1, 0.15) is 4.88 Å². The molecule has 4 nitrogen and oxygen atoms in total. The van der Waals surface area contributed by atoms with Gasteiger partial charge in [-0.1, -0.05) is 30.7 Å². The number of esters is 1. The van der Waals surface area contributed by atoms with Crippen LogP contribution in [-0.4, -0.2) is 18.5 Å². The zero-order valence-electron chi connectivity index (χ0n) is 13.3. The van der Waals surface area contributed by atoms with Gasteiger partial charge in [0.25, 0.3) is 5.91 Å². The Hall–Kier alpha value is -1.85. The molecule has 1 aliphatic carbocycles. The summed E-state index contributed by atoms with van der Waals surface area (Å²) in [5.74, 6) is -0.208. The molecule has 3 rings (SSSR count). The average Bonchev–Trinajstić information content (AvgIpc) is 2.98. The van der Waals surface area contributed by atoms with Crippen molar-refractivity contribution in [2.45, 2.75) is 26.2 Å². The Labute approximate surface area is 149 Å². The van der Waals surface area contributed by atoms with E-state index in [0.29, 0.717) is 21.5 Å². The maximum absolute atomic E-state index is 12.1. The number of hydrogen-bond acceptors (Lipinski definition) is 4. The Morgan fingerprint density at radius 2 is 2.17 bits per heavy atom. The summed E-state index contributed by atoms with van der Waals surface area (Å²) in [7, 11) is 0. The van der Waals surface area contributed by atoms with Crippen LogP contribution in [0.4, 0.5) is 5.69 Å². The van der Waals surface area contributed by atoms with Crippen LogP contribution in [0.1, 0.15) is 33.5 Å². The van der Waals surface area contributed by atoms with E-state index in [1.165, 1.54) is 21.8 Å². The Kier molecular flexibility index (Phi) is 5.21. The van der Waals surface area contributed by atoms with Crippen LogP contribution in [0.25, 0.3) is 0 Å². The number of carbonyl (C=O) groups excluding carboxylic acids is 2. The van der Waals surface area contributed by atoms with E-state index >= 15 is 0 Å². The first-order valence-electron chi connectivity index (χ1n) is 7.86. The summed E-state index contributed by atoms with van der Waals surface area (Å²) in [6, 6.07) is 8.82. The monoisotopic (exact) mass is 363 g/mol. The van der Waals surface area contributed by atoms with Crippen molar-refractivity contribution < 1.29 is 14.3 Å². The van der Waals surface area contributed by atoms with E-state index in [1.807, 2.05) is 6.07 Å². The largest absolute Gasteiger partial charge is 0.451 e. The smallest absolute Gasteiger partial charge is 0.348 e. The quantitative estimate of drug-likeness (QED) is 0.823. The fourth-order valence-electron chi connectivity index (χ4n) is 2.76. The summed E-state index contributed by atoms with van der Waals surface area (Å²) in [5, 5.41) is 3.07. The maximum Gasteiger partial charge on any atom is 0.348 e. The zero-order valence-corrected chi connectivity index (χ0v) is 14.9. The lowest BCUT2D eigenvalue weighted by Gasteiger charge is -2.16. The first kappa shape index (κ1) is 17.0. The van der Waals surface area contributed by atoms with Crippen molar-refractivity contribution in [1.29, 1.82) is 0 Å². The van der Waals surface area contributed by atoms with E-state index in [1.54, 1.807) is 24.3 Å². The van der Waals surface area contributed by atoms with E-state index in [4.69, 9.17) is 16.3 Å². The van der Waals surface area contributed by atoms with Crippen LogP contribution in [0.5, 0.6) is 0 Å². The van der Waals surface area contributed by atoms with Gasteiger partial charge in [0.2, 0.25) is 0 Å². The Bertz CT molecular complexity index is 771. The molecule has 1 amide bonds. The third-order valence-corrected chi connectivity index (χ3v) is 5.56. The molecule has 1 N–H and O–H groups in total. The molecular weight excluding hydrogens is 346 g/mol. The van der Waals surface area contributed by atoms with E-state index in [0.717, 1.165) is 19.3 Å². The van der Waals surface area contributed by atoms with Crippen LogP contribution < -0.4 is 5.32 Å². The summed E-state index contributed by atoms with van der Waals surface area (Å²) in [4.78, 5) is 25.9. The van der Waals surface area contributed by atoms with Crippen LogP contribution in [0, 0.1) is 5.92 Å². The highest BCUT2D eigenvalue weighted by atomic mass is 35.5. The van der Waals surface area contributed by atoms with Crippen molar-refractivity contribution in [2.75, 3.05) is 11.9 Å². The minimum absolute atomic E-state index is 0.330. The second-order valence-electron chi connectivity index (χ2n) is 6.01. The number of nitrogens with one attached hydrogen (secondary N) is 1. The van der Waals surface area contributed by atoms with Gasteiger partial charge in [0.05, 0.1) is 10.7 Å². The molecule has 2 aromatic rings. The number of aryl methyl sites for hydroxylation is 1. The molecule has 0 bridgehead atoms. The Morgan fingerprint density at radius 1 is 1.38 bits per heavy atom. The molecule has 0 saturated heterocycles.